The molecule has 1 heterocycles. The molecular weight excluding hydrogens is 328 g/mol. The fourth-order valence-corrected chi connectivity index (χ4v) is 3.72. The van der Waals surface area contributed by atoms with Crippen LogP contribution in [-0.2, 0) is 11.3 Å². The van der Waals surface area contributed by atoms with Crippen LogP contribution in [0.25, 0.3) is 0 Å². The van der Waals surface area contributed by atoms with Gasteiger partial charge in [-0.1, -0.05) is 47.5 Å². The van der Waals surface area contributed by atoms with Crippen LogP contribution in [-0.4, -0.2) is 30.9 Å². The van der Waals surface area contributed by atoms with E-state index >= 15 is 0 Å². The molecule has 1 aromatic carbocycles. The lowest BCUT2D eigenvalue weighted by atomic mass is 9.75. The first-order valence-corrected chi connectivity index (χ1v) is 8.58. The maximum absolute atomic E-state index is 13.0. The molecule has 3 nitrogen and oxygen atoms in total. The number of benzene rings is 1. The van der Waals surface area contributed by atoms with Crippen LogP contribution in [0.15, 0.2) is 28.7 Å². The summed E-state index contributed by atoms with van der Waals surface area (Å²) in [5.74, 6) is 0.285. The average Bonchev–Trinajstić information content (AvgIpc) is 2.50. The number of rotatable bonds is 5. The van der Waals surface area contributed by atoms with Gasteiger partial charge in [0, 0.05) is 24.6 Å². The standard InChI is InChI=1S/C17H25BrN2O/c1-3-9-17(10-6-11-19-13-17)16(21)20(2)12-14-7-4-5-8-15(14)18/h4-5,7-8,19H,3,6,9-13H2,1-2H3. The van der Waals surface area contributed by atoms with Gasteiger partial charge in [0.2, 0.25) is 5.91 Å². The van der Waals surface area contributed by atoms with Crippen LogP contribution in [0.2, 0.25) is 0 Å². The molecule has 0 saturated carbocycles. The second-order valence-electron chi connectivity index (χ2n) is 6.06. The zero-order valence-electron chi connectivity index (χ0n) is 13.0. The Kier molecular flexibility index (Phi) is 5.82. The van der Waals surface area contributed by atoms with Crippen molar-refractivity contribution >= 4 is 21.8 Å². The van der Waals surface area contributed by atoms with Crippen molar-refractivity contribution in [2.75, 3.05) is 20.1 Å². The molecule has 1 atom stereocenters. The van der Waals surface area contributed by atoms with Crippen molar-refractivity contribution in [1.29, 1.82) is 0 Å². The minimum Gasteiger partial charge on any atom is -0.341 e. The maximum Gasteiger partial charge on any atom is 0.230 e. The number of nitrogens with one attached hydrogen (secondary N) is 1. The third kappa shape index (κ3) is 3.86. The van der Waals surface area contributed by atoms with Gasteiger partial charge in [0.15, 0.2) is 0 Å². The maximum atomic E-state index is 13.0. The summed E-state index contributed by atoms with van der Waals surface area (Å²) < 4.78 is 1.07. The van der Waals surface area contributed by atoms with Crippen molar-refractivity contribution in [2.24, 2.45) is 5.41 Å². The molecule has 0 radical (unpaired) electrons. The van der Waals surface area contributed by atoms with Crippen molar-refractivity contribution in [1.82, 2.24) is 10.2 Å². The lowest BCUT2D eigenvalue weighted by Gasteiger charge is -2.39. The number of carbonyl (C=O) groups excluding carboxylic acids is 1. The van der Waals surface area contributed by atoms with Crippen LogP contribution < -0.4 is 5.32 Å². The third-order valence-corrected chi connectivity index (χ3v) is 5.14. The molecule has 1 unspecified atom stereocenters. The first-order chi connectivity index (χ1) is 10.1. The minimum atomic E-state index is -0.205. The number of hydrogen-bond acceptors (Lipinski definition) is 2. The number of halogens is 1. The number of carbonyl (C=O) groups is 1. The normalized spacial score (nSPS) is 22.0. The van der Waals surface area contributed by atoms with E-state index < -0.39 is 0 Å². The van der Waals surface area contributed by atoms with Gasteiger partial charge in [-0.15, -0.1) is 0 Å². The van der Waals surface area contributed by atoms with E-state index in [1.807, 2.05) is 30.1 Å². The molecule has 1 amide bonds. The number of amides is 1. The van der Waals surface area contributed by atoms with Gasteiger partial charge in [0.25, 0.3) is 0 Å². The molecule has 21 heavy (non-hydrogen) atoms. The van der Waals surface area contributed by atoms with E-state index in [4.69, 9.17) is 0 Å². The van der Waals surface area contributed by atoms with Gasteiger partial charge < -0.3 is 10.2 Å². The molecule has 116 valence electrons. The highest BCUT2D eigenvalue weighted by Gasteiger charge is 2.40. The smallest absolute Gasteiger partial charge is 0.230 e. The summed E-state index contributed by atoms with van der Waals surface area (Å²) in [5, 5.41) is 3.41. The van der Waals surface area contributed by atoms with Gasteiger partial charge in [-0.05, 0) is 37.4 Å². The molecule has 1 saturated heterocycles. The minimum absolute atomic E-state index is 0.205. The molecule has 0 spiro atoms. The van der Waals surface area contributed by atoms with Crippen molar-refractivity contribution < 1.29 is 4.79 Å². The van der Waals surface area contributed by atoms with Crippen LogP contribution in [0, 0.1) is 5.41 Å². The van der Waals surface area contributed by atoms with E-state index in [1.165, 1.54) is 0 Å². The monoisotopic (exact) mass is 352 g/mol. The van der Waals surface area contributed by atoms with E-state index in [1.54, 1.807) is 0 Å². The van der Waals surface area contributed by atoms with Crippen LogP contribution in [0.3, 0.4) is 0 Å². The Morgan fingerprint density at radius 2 is 2.19 bits per heavy atom. The highest BCUT2D eigenvalue weighted by Crippen LogP contribution is 2.34. The van der Waals surface area contributed by atoms with Gasteiger partial charge in [0.05, 0.1) is 5.41 Å². The van der Waals surface area contributed by atoms with Crippen LogP contribution >= 0.6 is 15.9 Å². The van der Waals surface area contributed by atoms with Crippen LogP contribution in [0.1, 0.15) is 38.2 Å². The Morgan fingerprint density at radius 3 is 2.81 bits per heavy atom. The molecule has 1 aliphatic rings. The summed E-state index contributed by atoms with van der Waals surface area (Å²) >= 11 is 3.56. The van der Waals surface area contributed by atoms with Gasteiger partial charge in [-0.2, -0.15) is 0 Å². The summed E-state index contributed by atoms with van der Waals surface area (Å²) in [6, 6.07) is 8.11. The van der Waals surface area contributed by atoms with E-state index in [0.717, 1.165) is 48.8 Å². The van der Waals surface area contributed by atoms with E-state index in [-0.39, 0.29) is 11.3 Å². The Balaban J connectivity index is 2.11. The molecule has 0 aliphatic carbocycles. The Morgan fingerprint density at radius 1 is 1.43 bits per heavy atom. The van der Waals surface area contributed by atoms with Crippen molar-refractivity contribution in [2.45, 2.75) is 39.2 Å². The van der Waals surface area contributed by atoms with Crippen LogP contribution in [0.5, 0.6) is 0 Å². The number of piperidine rings is 1. The predicted octanol–water partition coefficient (Wildman–Crippen LogP) is 3.58. The van der Waals surface area contributed by atoms with E-state index in [2.05, 4.69) is 34.2 Å². The third-order valence-electron chi connectivity index (χ3n) is 4.37. The van der Waals surface area contributed by atoms with E-state index in [9.17, 15) is 4.79 Å². The average molecular weight is 353 g/mol. The lowest BCUT2D eigenvalue weighted by molar-refractivity contribution is -0.143. The first kappa shape index (κ1) is 16.5. The van der Waals surface area contributed by atoms with Crippen molar-refractivity contribution in [3.05, 3.63) is 34.3 Å². The molecule has 4 heteroatoms. The molecule has 0 bridgehead atoms. The zero-order chi connectivity index (χ0) is 15.3. The Labute approximate surface area is 136 Å². The van der Waals surface area contributed by atoms with Crippen molar-refractivity contribution in [3.8, 4) is 0 Å². The fraction of sp³-hybridized carbons (Fsp3) is 0.588. The Hall–Kier alpha value is -0.870. The zero-order valence-corrected chi connectivity index (χ0v) is 14.6. The largest absolute Gasteiger partial charge is 0.341 e. The highest BCUT2D eigenvalue weighted by molar-refractivity contribution is 9.10. The lowest BCUT2D eigenvalue weighted by Crippen LogP contribution is -2.50. The van der Waals surface area contributed by atoms with E-state index in [0.29, 0.717) is 6.54 Å². The molecule has 1 N–H and O–H groups in total. The van der Waals surface area contributed by atoms with Gasteiger partial charge in [-0.3, -0.25) is 4.79 Å². The fourth-order valence-electron chi connectivity index (χ4n) is 3.31. The number of hydrogen-bond donors (Lipinski definition) is 1. The molecule has 1 aromatic rings. The summed E-state index contributed by atoms with van der Waals surface area (Å²) in [4.78, 5) is 14.9. The summed E-state index contributed by atoms with van der Waals surface area (Å²) in [5.41, 5.74) is 0.951. The SMILES string of the molecule is CCCC1(C(=O)N(C)Cc2ccccc2Br)CCCNC1. The predicted molar refractivity (Wildman–Crippen MR) is 90.1 cm³/mol. The second-order valence-corrected chi connectivity index (χ2v) is 6.92. The quantitative estimate of drug-likeness (QED) is 0.878. The molecule has 0 aromatic heterocycles. The van der Waals surface area contributed by atoms with Gasteiger partial charge in [0.1, 0.15) is 0 Å². The van der Waals surface area contributed by atoms with Gasteiger partial charge >= 0.3 is 0 Å². The molecule has 2 rings (SSSR count). The van der Waals surface area contributed by atoms with Crippen molar-refractivity contribution in [3.63, 3.8) is 0 Å². The van der Waals surface area contributed by atoms with Gasteiger partial charge in [-0.25, -0.2) is 0 Å². The van der Waals surface area contributed by atoms with Crippen LogP contribution in [0.4, 0.5) is 0 Å². The molecular formula is C17H25BrN2O. The molecule has 1 fully saturated rings. The topological polar surface area (TPSA) is 32.3 Å². The first-order valence-electron chi connectivity index (χ1n) is 7.79. The number of nitrogens with zero attached hydrogens (tertiary/aromatic N) is 1. The highest BCUT2D eigenvalue weighted by atomic mass is 79.9. The second kappa shape index (κ2) is 7.41. The summed E-state index contributed by atoms with van der Waals surface area (Å²) in [6.45, 7) is 4.68. The Bertz CT molecular complexity index is 478. The summed E-state index contributed by atoms with van der Waals surface area (Å²) in [7, 11) is 1.92. The summed E-state index contributed by atoms with van der Waals surface area (Å²) in [6.07, 6.45) is 4.12. The molecule has 1 aliphatic heterocycles.